The molecule has 0 aromatic rings. The van der Waals surface area contributed by atoms with Crippen LogP contribution in [-0.2, 0) is 0 Å². The summed E-state index contributed by atoms with van der Waals surface area (Å²) < 4.78 is 0. The van der Waals surface area contributed by atoms with Gasteiger partial charge in [-0.2, -0.15) is 0 Å². The van der Waals surface area contributed by atoms with E-state index in [0.29, 0.717) is 6.04 Å². The number of nitrogens with one attached hydrogen (secondary N) is 1. The zero-order valence-corrected chi connectivity index (χ0v) is 5.65. The van der Waals surface area contributed by atoms with Crippen molar-refractivity contribution in [3.05, 3.63) is 0 Å². The summed E-state index contributed by atoms with van der Waals surface area (Å²) in [6, 6.07) is 0.713. The number of hydrogen-bond donors (Lipinski definition) is 1. The Kier molecular flexibility index (Phi) is 1.86. The SMILES string of the molecule is CC(C)N1CCNC1. The molecule has 8 heavy (non-hydrogen) atoms. The van der Waals surface area contributed by atoms with Crippen molar-refractivity contribution in [1.29, 1.82) is 0 Å². The van der Waals surface area contributed by atoms with Gasteiger partial charge in [0.1, 0.15) is 0 Å². The van der Waals surface area contributed by atoms with Gasteiger partial charge in [-0.1, -0.05) is 0 Å². The minimum absolute atomic E-state index is 0.713. The van der Waals surface area contributed by atoms with Crippen molar-refractivity contribution in [1.82, 2.24) is 10.2 Å². The van der Waals surface area contributed by atoms with Crippen LogP contribution in [0.1, 0.15) is 13.8 Å². The van der Waals surface area contributed by atoms with E-state index in [2.05, 4.69) is 24.1 Å². The molecule has 0 aliphatic carbocycles. The molecule has 1 aliphatic heterocycles. The van der Waals surface area contributed by atoms with Crippen molar-refractivity contribution < 1.29 is 0 Å². The van der Waals surface area contributed by atoms with Crippen LogP contribution < -0.4 is 5.32 Å². The monoisotopic (exact) mass is 114 g/mol. The Balaban J connectivity index is 2.24. The summed E-state index contributed by atoms with van der Waals surface area (Å²) in [5.41, 5.74) is 0. The molecule has 0 aromatic carbocycles. The largest absolute Gasteiger partial charge is 0.303 e. The van der Waals surface area contributed by atoms with Gasteiger partial charge in [-0.15, -0.1) is 0 Å². The van der Waals surface area contributed by atoms with Gasteiger partial charge in [0.05, 0.1) is 0 Å². The Labute approximate surface area is 50.9 Å². The van der Waals surface area contributed by atoms with Crippen molar-refractivity contribution >= 4 is 0 Å². The second-order valence-corrected chi connectivity index (χ2v) is 2.56. The van der Waals surface area contributed by atoms with Gasteiger partial charge in [-0.3, -0.25) is 4.90 Å². The van der Waals surface area contributed by atoms with Crippen LogP contribution in [0, 0.1) is 0 Å². The molecule has 0 spiro atoms. The highest BCUT2D eigenvalue weighted by atomic mass is 15.3. The lowest BCUT2D eigenvalue weighted by atomic mass is 10.3. The first-order valence-electron chi connectivity index (χ1n) is 3.25. The van der Waals surface area contributed by atoms with Crippen LogP contribution in [0.15, 0.2) is 0 Å². The van der Waals surface area contributed by atoms with Gasteiger partial charge in [0, 0.05) is 25.8 Å². The molecule has 1 fully saturated rings. The standard InChI is InChI=1S/C6H14N2/c1-6(2)8-4-3-7-5-8/h6-7H,3-5H2,1-2H3. The topological polar surface area (TPSA) is 15.3 Å². The van der Waals surface area contributed by atoms with Crippen LogP contribution in [0.4, 0.5) is 0 Å². The van der Waals surface area contributed by atoms with E-state index in [1.165, 1.54) is 6.54 Å². The van der Waals surface area contributed by atoms with Gasteiger partial charge < -0.3 is 5.32 Å². The van der Waals surface area contributed by atoms with E-state index in [0.717, 1.165) is 13.2 Å². The molecule has 2 heteroatoms. The molecule has 1 N–H and O–H groups in total. The van der Waals surface area contributed by atoms with Crippen molar-refractivity contribution in [3.63, 3.8) is 0 Å². The Morgan fingerprint density at radius 1 is 1.50 bits per heavy atom. The molecule has 0 radical (unpaired) electrons. The molecule has 1 rings (SSSR count). The fourth-order valence-electron chi connectivity index (χ4n) is 0.965. The number of rotatable bonds is 1. The molecule has 1 aliphatic rings. The molecule has 1 heterocycles. The second kappa shape index (κ2) is 2.46. The predicted octanol–water partition coefficient (Wildman–Crippen LogP) is 0.258. The summed E-state index contributed by atoms with van der Waals surface area (Å²) in [6.07, 6.45) is 0. The molecule has 0 unspecified atom stereocenters. The molecular formula is C6H14N2. The van der Waals surface area contributed by atoms with Crippen LogP contribution in [0.25, 0.3) is 0 Å². The summed E-state index contributed by atoms with van der Waals surface area (Å²) in [4.78, 5) is 2.42. The highest BCUT2D eigenvalue weighted by Gasteiger charge is 2.12. The number of nitrogens with zero attached hydrogens (tertiary/aromatic N) is 1. The zero-order chi connectivity index (χ0) is 5.98. The predicted molar refractivity (Wildman–Crippen MR) is 34.7 cm³/mol. The van der Waals surface area contributed by atoms with Crippen LogP contribution in [-0.4, -0.2) is 30.7 Å². The number of hydrogen-bond acceptors (Lipinski definition) is 2. The molecule has 1 saturated heterocycles. The maximum absolute atomic E-state index is 3.28. The van der Waals surface area contributed by atoms with E-state index < -0.39 is 0 Å². The average Bonchev–Trinajstić information content (AvgIpc) is 2.12. The first-order chi connectivity index (χ1) is 3.80. The van der Waals surface area contributed by atoms with E-state index in [-0.39, 0.29) is 0 Å². The summed E-state index contributed by atoms with van der Waals surface area (Å²) in [7, 11) is 0. The fraction of sp³-hybridized carbons (Fsp3) is 1.00. The highest BCUT2D eigenvalue weighted by Crippen LogP contribution is 1.98. The molecular weight excluding hydrogens is 100 g/mol. The van der Waals surface area contributed by atoms with Crippen LogP contribution in [0.3, 0.4) is 0 Å². The Hall–Kier alpha value is -0.0800. The lowest BCUT2D eigenvalue weighted by Gasteiger charge is -2.17. The van der Waals surface area contributed by atoms with Crippen LogP contribution in [0.2, 0.25) is 0 Å². The summed E-state index contributed by atoms with van der Waals surface area (Å²) in [5.74, 6) is 0. The van der Waals surface area contributed by atoms with Crippen molar-refractivity contribution in [3.8, 4) is 0 Å². The van der Waals surface area contributed by atoms with Crippen molar-refractivity contribution in [2.75, 3.05) is 19.8 Å². The Bertz CT molecular complexity index is 64.9. The third-order valence-electron chi connectivity index (χ3n) is 1.62. The third-order valence-corrected chi connectivity index (χ3v) is 1.62. The first kappa shape index (κ1) is 6.05. The average molecular weight is 114 g/mol. The summed E-state index contributed by atoms with van der Waals surface area (Å²) >= 11 is 0. The van der Waals surface area contributed by atoms with Crippen molar-refractivity contribution in [2.45, 2.75) is 19.9 Å². The molecule has 0 amide bonds. The highest BCUT2D eigenvalue weighted by molar-refractivity contribution is 4.68. The molecule has 0 saturated carbocycles. The lowest BCUT2D eigenvalue weighted by Crippen LogP contribution is -2.29. The summed E-state index contributed by atoms with van der Waals surface area (Å²) in [5, 5.41) is 3.28. The van der Waals surface area contributed by atoms with Crippen LogP contribution in [0.5, 0.6) is 0 Å². The molecule has 0 aromatic heterocycles. The molecule has 2 nitrogen and oxygen atoms in total. The van der Waals surface area contributed by atoms with Gasteiger partial charge in [-0.25, -0.2) is 0 Å². The first-order valence-corrected chi connectivity index (χ1v) is 3.25. The van der Waals surface area contributed by atoms with Gasteiger partial charge in [0.2, 0.25) is 0 Å². The lowest BCUT2D eigenvalue weighted by molar-refractivity contribution is 0.273. The van der Waals surface area contributed by atoms with E-state index in [1.807, 2.05) is 0 Å². The Morgan fingerprint density at radius 3 is 2.50 bits per heavy atom. The maximum atomic E-state index is 3.28. The Morgan fingerprint density at radius 2 is 2.25 bits per heavy atom. The van der Waals surface area contributed by atoms with Crippen molar-refractivity contribution in [2.24, 2.45) is 0 Å². The molecule has 0 bridgehead atoms. The van der Waals surface area contributed by atoms with E-state index in [4.69, 9.17) is 0 Å². The van der Waals surface area contributed by atoms with Gasteiger partial charge in [0.25, 0.3) is 0 Å². The smallest absolute Gasteiger partial charge is 0.0483 e. The van der Waals surface area contributed by atoms with E-state index >= 15 is 0 Å². The fourth-order valence-corrected chi connectivity index (χ4v) is 0.965. The molecule has 48 valence electrons. The zero-order valence-electron chi connectivity index (χ0n) is 5.65. The molecule has 0 atom stereocenters. The minimum atomic E-state index is 0.713. The van der Waals surface area contributed by atoms with Gasteiger partial charge >= 0.3 is 0 Å². The van der Waals surface area contributed by atoms with Gasteiger partial charge in [0.15, 0.2) is 0 Å². The maximum Gasteiger partial charge on any atom is 0.0483 e. The quantitative estimate of drug-likeness (QED) is 0.526. The minimum Gasteiger partial charge on any atom is -0.303 e. The second-order valence-electron chi connectivity index (χ2n) is 2.56. The normalized spacial score (nSPS) is 22.9. The van der Waals surface area contributed by atoms with E-state index in [1.54, 1.807) is 0 Å². The summed E-state index contributed by atoms with van der Waals surface area (Å²) in [6.45, 7) is 7.92. The third kappa shape index (κ3) is 1.20. The van der Waals surface area contributed by atoms with Crippen LogP contribution >= 0.6 is 0 Å². The van der Waals surface area contributed by atoms with Gasteiger partial charge in [-0.05, 0) is 13.8 Å². The van der Waals surface area contributed by atoms with E-state index in [9.17, 15) is 0 Å².